The Balaban J connectivity index is 0.920. The van der Waals surface area contributed by atoms with Crippen molar-refractivity contribution in [1.29, 1.82) is 0 Å². The van der Waals surface area contributed by atoms with Gasteiger partial charge in [-0.25, -0.2) is 0 Å². The molecular formula is C58H66N6O10. The lowest BCUT2D eigenvalue weighted by Crippen LogP contribution is -2.39. The first-order valence-electron chi connectivity index (χ1n) is 25.9. The fraction of sp³-hybridized carbons (Fsp3) is 0.414. The lowest BCUT2D eigenvalue weighted by molar-refractivity contribution is -0.121. The molecule has 2 atom stereocenters. The van der Waals surface area contributed by atoms with Crippen molar-refractivity contribution < 1.29 is 47.5 Å². The summed E-state index contributed by atoms with van der Waals surface area (Å²) in [5.41, 5.74) is 8.80. The molecule has 0 aromatic heterocycles. The molecule has 0 spiro atoms. The number of benzene rings is 5. The van der Waals surface area contributed by atoms with Crippen molar-refractivity contribution in [2.24, 2.45) is 4.99 Å². The van der Waals surface area contributed by atoms with E-state index in [1.54, 1.807) is 39.5 Å². The molecule has 74 heavy (non-hydrogen) atoms. The predicted octanol–water partition coefficient (Wildman–Crippen LogP) is 8.47. The Morgan fingerprint density at radius 2 is 1.34 bits per heavy atom. The van der Waals surface area contributed by atoms with Gasteiger partial charge in [-0.3, -0.25) is 24.3 Å². The third kappa shape index (κ3) is 11.2. The molecule has 16 nitrogen and oxygen atoms in total. The molecule has 1 aliphatic carbocycles. The Morgan fingerprint density at radius 1 is 0.703 bits per heavy atom. The molecule has 5 aromatic carbocycles. The van der Waals surface area contributed by atoms with E-state index in [1.807, 2.05) is 64.5 Å². The minimum absolute atomic E-state index is 0.0211. The van der Waals surface area contributed by atoms with Crippen LogP contribution in [0.1, 0.15) is 81.5 Å². The van der Waals surface area contributed by atoms with Gasteiger partial charge >= 0.3 is 0 Å². The van der Waals surface area contributed by atoms with Crippen LogP contribution in [0.2, 0.25) is 0 Å². The summed E-state index contributed by atoms with van der Waals surface area (Å²) in [6.45, 7) is 4.30. The molecule has 388 valence electrons. The number of nitrogens with one attached hydrogen (secondary N) is 2. The van der Waals surface area contributed by atoms with E-state index in [9.17, 15) is 14.4 Å². The van der Waals surface area contributed by atoms with Crippen molar-refractivity contribution in [2.45, 2.75) is 82.7 Å². The number of nitrogens with zero attached hydrogens (tertiary/aromatic N) is 4. The lowest BCUT2D eigenvalue weighted by Gasteiger charge is -2.26. The number of rotatable bonds is 23. The van der Waals surface area contributed by atoms with Crippen LogP contribution in [0, 0.1) is 0 Å². The molecule has 0 radical (unpaired) electrons. The molecule has 3 amide bonds. The number of methoxy groups -OCH3 is 3. The summed E-state index contributed by atoms with van der Waals surface area (Å²) in [7, 11) is 4.78. The maximum Gasteiger partial charge on any atom is 0.261 e. The number of carbonyl (C=O) groups excluding carboxylic acids is 3. The highest BCUT2D eigenvalue weighted by Crippen LogP contribution is 2.43. The van der Waals surface area contributed by atoms with Gasteiger partial charge < -0.3 is 53.6 Å². The highest BCUT2D eigenvalue weighted by Gasteiger charge is 2.39. The molecule has 1 fully saturated rings. The summed E-state index contributed by atoms with van der Waals surface area (Å²) >= 11 is 0. The van der Waals surface area contributed by atoms with Crippen molar-refractivity contribution in [3.8, 4) is 23.0 Å². The zero-order valence-corrected chi connectivity index (χ0v) is 42.6. The zero-order chi connectivity index (χ0) is 51.0. The average Bonchev–Trinajstić information content (AvgIpc) is 4.14. The minimum atomic E-state index is -0.198. The van der Waals surface area contributed by atoms with Crippen LogP contribution in [-0.2, 0) is 45.1 Å². The smallest absolute Gasteiger partial charge is 0.261 e. The first-order chi connectivity index (χ1) is 36.3. The summed E-state index contributed by atoms with van der Waals surface area (Å²) in [4.78, 5) is 52.3. The van der Waals surface area contributed by atoms with Crippen LogP contribution in [0.15, 0.2) is 96.0 Å². The Bertz CT molecular complexity index is 2870. The monoisotopic (exact) mass is 1010 g/mol. The summed E-state index contributed by atoms with van der Waals surface area (Å²) in [5.74, 6) is 1.60. The quantitative estimate of drug-likeness (QED) is 0.0602. The van der Waals surface area contributed by atoms with Gasteiger partial charge in [-0.15, -0.1) is 0 Å². The van der Waals surface area contributed by atoms with Crippen molar-refractivity contribution in [1.82, 2.24) is 5.32 Å². The predicted molar refractivity (Wildman–Crippen MR) is 285 cm³/mol. The van der Waals surface area contributed by atoms with Crippen LogP contribution in [0.25, 0.3) is 0 Å². The van der Waals surface area contributed by atoms with E-state index >= 15 is 0 Å². The number of amides is 3. The fourth-order valence-electron chi connectivity index (χ4n) is 10.8. The number of aliphatic imine (C=N–C) groups is 1. The molecular weight excluding hydrogens is 941 g/mol. The van der Waals surface area contributed by atoms with Gasteiger partial charge in [0, 0.05) is 81.0 Å². The molecule has 1 saturated carbocycles. The Kier molecular flexibility index (Phi) is 15.9. The molecule has 16 heteroatoms. The second kappa shape index (κ2) is 23.4. The number of hydrogen-bond acceptors (Lipinski definition) is 13. The molecule has 0 bridgehead atoms. The molecule has 0 unspecified atom stereocenters. The van der Waals surface area contributed by atoms with Crippen LogP contribution >= 0.6 is 0 Å². The summed E-state index contributed by atoms with van der Waals surface area (Å²) < 4.78 is 41.9. The maximum atomic E-state index is 14.2. The van der Waals surface area contributed by atoms with E-state index in [1.165, 1.54) is 0 Å². The molecule has 5 aliphatic rings. The van der Waals surface area contributed by atoms with Gasteiger partial charge in [-0.2, -0.15) is 0 Å². The van der Waals surface area contributed by atoms with Gasteiger partial charge in [0.05, 0.1) is 81.8 Å². The average molecular weight is 1010 g/mol. The third-order valence-corrected chi connectivity index (χ3v) is 14.5. The van der Waals surface area contributed by atoms with E-state index in [2.05, 4.69) is 39.8 Å². The van der Waals surface area contributed by atoms with E-state index in [4.69, 9.17) is 38.2 Å². The number of ether oxygens (including phenoxy) is 7. The number of carbonyl (C=O) groups is 3. The summed E-state index contributed by atoms with van der Waals surface area (Å²) in [6.07, 6.45) is 8.68. The van der Waals surface area contributed by atoms with Crippen molar-refractivity contribution in [3.05, 3.63) is 124 Å². The second-order valence-corrected chi connectivity index (χ2v) is 19.4. The highest BCUT2D eigenvalue weighted by atomic mass is 16.5. The van der Waals surface area contributed by atoms with E-state index in [0.29, 0.717) is 117 Å². The molecule has 10 rings (SSSR count). The van der Waals surface area contributed by atoms with Gasteiger partial charge in [-0.05, 0) is 90.4 Å². The van der Waals surface area contributed by atoms with E-state index < -0.39 is 0 Å². The number of hydrogen-bond donors (Lipinski definition) is 2. The largest absolute Gasteiger partial charge is 0.493 e. The minimum Gasteiger partial charge on any atom is -0.493 e. The summed E-state index contributed by atoms with van der Waals surface area (Å²) in [5, 5.41) is 6.78. The van der Waals surface area contributed by atoms with Gasteiger partial charge in [-0.1, -0.05) is 49.2 Å². The zero-order valence-electron chi connectivity index (χ0n) is 42.6. The molecule has 4 aliphatic heterocycles. The topological polar surface area (TPSA) is 162 Å². The second-order valence-electron chi connectivity index (χ2n) is 19.4. The molecule has 5 aromatic rings. The van der Waals surface area contributed by atoms with Crippen LogP contribution in [0.3, 0.4) is 0 Å². The fourth-order valence-corrected chi connectivity index (χ4v) is 10.8. The highest BCUT2D eigenvalue weighted by molar-refractivity contribution is 6.15. The van der Waals surface area contributed by atoms with Crippen molar-refractivity contribution >= 4 is 52.4 Å². The normalized spacial score (nSPS) is 17.3. The number of fused-ring (bicyclic) bond motifs is 8. The lowest BCUT2D eigenvalue weighted by atomic mass is 10.1. The third-order valence-electron chi connectivity index (χ3n) is 14.5. The van der Waals surface area contributed by atoms with Gasteiger partial charge in [0.25, 0.3) is 11.8 Å². The molecule has 0 saturated heterocycles. The van der Waals surface area contributed by atoms with Crippen LogP contribution < -0.4 is 44.3 Å². The SMILES string of the molecule is COCCOCCOCCN(CCCC(=O)NC1CCCC1)c1cc(COc2cc3c(cc2OC)C(=O)N2c4ccccc4C[C@H]2C=N3)cc(COc2cc3c(cc2OC)C(=O)N2c4ccccc4C[C@H]2CN3)c1. The molecule has 2 N–H and O–H groups in total. The first-order valence-corrected chi connectivity index (χ1v) is 25.9. The molecule has 4 heterocycles. The standard InChI is InChI=1S/C58H66N6O10/c1-68-21-22-72-24-23-71-20-19-62(18-10-17-56(65)61-42-13-6-7-14-42)43-26-38(36-73-54-32-48-46(30-52(54)69-2)57(66)63-44(34-59-48)28-40-11-4-8-15-50(40)63)25-39(27-43)37-74-55-33-49-47(31-53(55)70-3)58(67)64-45(35-60-49)29-41-12-5-9-16-51(41)64/h4-5,8-9,11-12,15-16,25-27,30-34,42,44-45,60H,6-7,10,13-14,17-24,28-29,35-37H2,1-3H3,(H,61,65)/t44-,45-/m0/s1. The maximum absolute atomic E-state index is 14.2. The summed E-state index contributed by atoms with van der Waals surface area (Å²) in [6, 6.07) is 29.4. The Morgan fingerprint density at radius 3 is 2.05 bits per heavy atom. The van der Waals surface area contributed by atoms with Gasteiger partial charge in [0.15, 0.2) is 23.0 Å². The first kappa shape index (κ1) is 50.4. The van der Waals surface area contributed by atoms with Crippen molar-refractivity contribution in [3.63, 3.8) is 0 Å². The van der Waals surface area contributed by atoms with Crippen LogP contribution in [-0.4, -0.2) is 116 Å². The Hall–Kier alpha value is -7.14. The van der Waals surface area contributed by atoms with E-state index in [0.717, 1.165) is 71.4 Å². The van der Waals surface area contributed by atoms with Crippen LogP contribution in [0.4, 0.5) is 28.4 Å². The number of anilines is 4. The number of para-hydroxylation sites is 2. The van der Waals surface area contributed by atoms with Gasteiger partial charge in [0.1, 0.15) is 13.2 Å². The van der Waals surface area contributed by atoms with E-state index in [-0.39, 0.29) is 49.1 Å². The Labute approximate surface area is 432 Å². The van der Waals surface area contributed by atoms with Gasteiger partial charge in [0.2, 0.25) is 5.91 Å². The van der Waals surface area contributed by atoms with Crippen LogP contribution in [0.5, 0.6) is 23.0 Å². The van der Waals surface area contributed by atoms with Crippen molar-refractivity contribution in [2.75, 3.05) is 94.0 Å².